The van der Waals surface area contributed by atoms with Crippen molar-refractivity contribution in [3.63, 3.8) is 0 Å². The SMILES string of the molecule is c1ccc(-c2ccccc2-c2c3ccccc3c(-c3ccc4c(c3)sc3c5ccccc5c5cc(-c6cc7ccc(-c8c9ccccc9c(-c9ccc%10c(c9)sc9c%11ccccc%11c%11ccccc%11c%109)c9ccccc89)cc7c7ccccc67)ccc5c43)c3ccccc23)cc1. The van der Waals surface area contributed by atoms with E-state index in [9.17, 15) is 0 Å². The van der Waals surface area contributed by atoms with Crippen molar-refractivity contribution < 1.29 is 0 Å². The van der Waals surface area contributed by atoms with Gasteiger partial charge >= 0.3 is 0 Å². The molecule has 0 nitrogen and oxygen atoms in total. The maximum Gasteiger partial charge on any atom is 0.0440 e. The fourth-order valence-corrected chi connectivity index (χ4v) is 19.5. The van der Waals surface area contributed by atoms with E-state index in [0.29, 0.717) is 0 Å². The van der Waals surface area contributed by atoms with E-state index in [1.54, 1.807) is 0 Å². The Hall–Kier alpha value is -11.8. The average Bonchev–Trinajstić information content (AvgIpc) is 1.42. The molecule has 21 aromatic rings. The fraction of sp³-hybridized carbons (Fsp3) is 0. The van der Waals surface area contributed by atoms with Crippen LogP contribution in [0.1, 0.15) is 0 Å². The highest BCUT2D eigenvalue weighted by atomic mass is 32.1. The van der Waals surface area contributed by atoms with Crippen molar-refractivity contribution in [2.45, 2.75) is 0 Å². The van der Waals surface area contributed by atoms with Crippen molar-refractivity contribution >= 4 is 171 Å². The summed E-state index contributed by atoms with van der Waals surface area (Å²) in [6, 6.07) is 124. The summed E-state index contributed by atoms with van der Waals surface area (Å²) in [6.45, 7) is 0. The third kappa shape index (κ3) is 7.83. The molecule has 0 atom stereocenters. The van der Waals surface area contributed by atoms with Crippen LogP contribution in [0.4, 0.5) is 0 Å². The van der Waals surface area contributed by atoms with Gasteiger partial charge in [-0.05, 0) is 194 Å². The first-order valence-corrected chi connectivity index (χ1v) is 34.8. The van der Waals surface area contributed by atoms with Crippen molar-refractivity contribution in [2.75, 3.05) is 0 Å². The van der Waals surface area contributed by atoms with E-state index in [0.717, 1.165) is 0 Å². The zero-order valence-electron chi connectivity index (χ0n) is 52.0. The second-order valence-corrected chi connectivity index (χ2v) is 28.0. The topological polar surface area (TPSA) is 0 Å². The Morgan fingerprint density at radius 2 is 0.490 bits per heavy atom. The molecule has 0 aliphatic carbocycles. The van der Waals surface area contributed by atoms with E-state index >= 15 is 0 Å². The molecular formula is C94H54S2. The van der Waals surface area contributed by atoms with Crippen molar-refractivity contribution in [2.24, 2.45) is 0 Å². The molecule has 2 aromatic heterocycles. The zero-order chi connectivity index (χ0) is 62.7. The summed E-state index contributed by atoms with van der Waals surface area (Å²) < 4.78 is 5.29. The van der Waals surface area contributed by atoms with Crippen LogP contribution in [0.5, 0.6) is 0 Å². The second-order valence-electron chi connectivity index (χ2n) is 25.9. The Labute approximate surface area is 561 Å². The maximum absolute atomic E-state index is 2.48. The smallest absolute Gasteiger partial charge is 0.0440 e. The lowest BCUT2D eigenvalue weighted by Crippen LogP contribution is -1.92. The number of hydrogen-bond acceptors (Lipinski definition) is 2. The van der Waals surface area contributed by atoms with Gasteiger partial charge in [0, 0.05) is 51.1 Å². The first-order chi connectivity index (χ1) is 47.6. The highest BCUT2D eigenvalue weighted by molar-refractivity contribution is 7.27. The van der Waals surface area contributed by atoms with E-state index < -0.39 is 0 Å². The van der Waals surface area contributed by atoms with Crippen LogP contribution in [-0.4, -0.2) is 0 Å². The number of hydrogen-bond donors (Lipinski definition) is 0. The maximum atomic E-state index is 2.48. The number of rotatable bonds is 6. The number of thiophene rings is 2. The molecule has 0 saturated heterocycles. The highest BCUT2D eigenvalue weighted by Crippen LogP contribution is 2.53. The molecule has 0 unspecified atom stereocenters. The Bertz CT molecular complexity index is 6830. The van der Waals surface area contributed by atoms with E-state index in [1.165, 1.54) is 215 Å². The van der Waals surface area contributed by atoms with Crippen molar-refractivity contribution in [3.05, 3.63) is 328 Å². The lowest BCUT2D eigenvalue weighted by atomic mass is 9.84. The number of fused-ring (bicyclic) bond motifs is 23. The normalized spacial score (nSPS) is 12.2. The molecule has 96 heavy (non-hydrogen) atoms. The minimum absolute atomic E-state index is 1.22. The minimum atomic E-state index is 1.22. The third-order valence-electron chi connectivity index (χ3n) is 21.0. The van der Waals surface area contributed by atoms with Gasteiger partial charge in [-0.25, -0.2) is 0 Å². The summed E-state index contributed by atoms with van der Waals surface area (Å²) in [5, 5.41) is 30.7. The Kier molecular flexibility index (Phi) is 11.7. The Balaban J connectivity index is 0.697. The summed E-state index contributed by atoms with van der Waals surface area (Å²) >= 11 is 3.86. The molecule has 0 spiro atoms. The standard InChI is InChI=1S/C94H54S2/c1-2-22-55(23-3-1)61-24-4-10-30-67(61)90-75-38-18-16-36-73(75)89(74-37-17-19-39-76(74)90)60-46-49-81-86(54-60)96-94-79-41-21-9-29-66(79)84-51-57(44-47-77(84)92(81)94)82-50-56-42-43-58(52-83(56)65-28-6-5-27-64(65)82)87-69-32-12-14-34-71(69)88(72-35-15-13-33-70(72)87)59-45-48-80-85(53-59)95-93-78-40-20-8-26-63(78)62-25-7-11-31-68(62)91(80)93/h1-54H. The predicted molar refractivity (Wildman–Crippen MR) is 420 cm³/mol. The van der Waals surface area contributed by atoms with E-state index in [4.69, 9.17) is 0 Å². The van der Waals surface area contributed by atoms with Crippen LogP contribution in [0.3, 0.4) is 0 Å². The molecular weight excluding hydrogens is 1190 g/mol. The molecule has 0 fully saturated rings. The van der Waals surface area contributed by atoms with Gasteiger partial charge in [0.2, 0.25) is 0 Å². The van der Waals surface area contributed by atoms with E-state index in [-0.39, 0.29) is 0 Å². The van der Waals surface area contributed by atoms with Gasteiger partial charge in [-0.3, -0.25) is 0 Å². The summed E-state index contributed by atoms with van der Waals surface area (Å²) in [6.07, 6.45) is 0. The van der Waals surface area contributed by atoms with E-state index in [1.807, 2.05) is 22.7 Å². The van der Waals surface area contributed by atoms with Crippen LogP contribution in [-0.2, 0) is 0 Å². The summed E-state index contributed by atoms with van der Waals surface area (Å²) in [7, 11) is 0. The van der Waals surface area contributed by atoms with Gasteiger partial charge < -0.3 is 0 Å². The van der Waals surface area contributed by atoms with Crippen LogP contribution >= 0.6 is 22.7 Å². The van der Waals surface area contributed by atoms with Gasteiger partial charge in [-0.15, -0.1) is 22.7 Å². The van der Waals surface area contributed by atoms with Gasteiger partial charge in [0.25, 0.3) is 0 Å². The first-order valence-electron chi connectivity index (χ1n) is 33.2. The summed E-state index contributed by atoms with van der Waals surface area (Å²) in [5.74, 6) is 0. The number of benzene rings is 19. The molecule has 0 radical (unpaired) electrons. The van der Waals surface area contributed by atoms with Crippen molar-refractivity contribution in [1.29, 1.82) is 0 Å². The van der Waals surface area contributed by atoms with Crippen LogP contribution in [0, 0.1) is 0 Å². The second kappa shape index (κ2) is 20.9. The van der Waals surface area contributed by atoms with Crippen LogP contribution in [0.15, 0.2) is 328 Å². The molecule has 19 aromatic carbocycles. The molecule has 0 saturated carbocycles. The zero-order valence-corrected chi connectivity index (χ0v) is 53.6. The van der Waals surface area contributed by atoms with E-state index in [2.05, 4.69) is 328 Å². The lowest BCUT2D eigenvalue weighted by Gasteiger charge is -2.19. The van der Waals surface area contributed by atoms with Gasteiger partial charge in [-0.1, -0.05) is 297 Å². The first kappa shape index (κ1) is 53.7. The molecule has 0 N–H and O–H groups in total. The van der Waals surface area contributed by atoms with Gasteiger partial charge in [-0.2, -0.15) is 0 Å². The van der Waals surface area contributed by atoms with Crippen LogP contribution < -0.4 is 0 Å². The minimum Gasteiger partial charge on any atom is -0.134 e. The van der Waals surface area contributed by atoms with Gasteiger partial charge in [0.15, 0.2) is 0 Å². The Morgan fingerprint density at radius 1 is 0.156 bits per heavy atom. The summed E-state index contributed by atoms with van der Waals surface area (Å²) in [4.78, 5) is 0. The van der Waals surface area contributed by atoms with Crippen molar-refractivity contribution in [3.8, 4) is 66.8 Å². The molecule has 2 heteroatoms. The van der Waals surface area contributed by atoms with Gasteiger partial charge in [0.05, 0.1) is 0 Å². The third-order valence-corrected chi connectivity index (χ3v) is 23.3. The largest absolute Gasteiger partial charge is 0.134 e. The van der Waals surface area contributed by atoms with Crippen LogP contribution in [0.2, 0.25) is 0 Å². The quantitative estimate of drug-likeness (QED) is 0.115. The predicted octanol–water partition coefficient (Wildman–Crippen LogP) is 28.0. The van der Waals surface area contributed by atoms with Crippen molar-refractivity contribution in [1.82, 2.24) is 0 Å². The van der Waals surface area contributed by atoms with Crippen LogP contribution in [0.25, 0.3) is 215 Å². The summed E-state index contributed by atoms with van der Waals surface area (Å²) in [5.41, 5.74) is 14.9. The fourth-order valence-electron chi connectivity index (χ4n) is 16.9. The molecule has 0 aliphatic heterocycles. The molecule has 21 rings (SSSR count). The Morgan fingerprint density at radius 3 is 1.00 bits per heavy atom. The highest BCUT2D eigenvalue weighted by Gasteiger charge is 2.24. The van der Waals surface area contributed by atoms with Gasteiger partial charge in [0.1, 0.15) is 0 Å². The monoisotopic (exact) mass is 1250 g/mol. The lowest BCUT2D eigenvalue weighted by molar-refractivity contribution is 1.61. The molecule has 0 amide bonds. The molecule has 0 bridgehead atoms. The molecule has 442 valence electrons. The molecule has 0 aliphatic rings. The average molecular weight is 1250 g/mol. The molecule has 2 heterocycles.